The summed E-state index contributed by atoms with van der Waals surface area (Å²) in [5.74, 6) is -1.02. The van der Waals surface area contributed by atoms with Crippen molar-refractivity contribution >= 4 is 12.1 Å². The molecule has 0 aromatic rings. The van der Waals surface area contributed by atoms with E-state index in [1.807, 2.05) is 13.8 Å². The zero-order valence-electron chi connectivity index (χ0n) is 13.1. The van der Waals surface area contributed by atoms with Crippen LogP contribution in [0.15, 0.2) is 0 Å². The number of carboxylic acid groups (broad SMARTS) is 1. The van der Waals surface area contributed by atoms with Crippen molar-refractivity contribution in [2.45, 2.75) is 70.8 Å². The van der Waals surface area contributed by atoms with Crippen LogP contribution in [0.4, 0.5) is 4.79 Å². The molecule has 0 aromatic carbocycles. The van der Waals surface area contributed by atoms with Gasteiger partial charge in [-0.05, 0) is 34.6 Å². The maximum atomic E-state index is 12.2. The standard InChI is InChI=1S/C14H25NO5/c1-9-7-14(11(16)17,8-10(2)19-9)15(6)12(18)20-13(3,4)5/h9-10H,7-8H2,1-6H3,(H,16,17). The fourth-order valence-corrected chi connectivity index (χ4v) is 2.62. The highest BCUT2D eigenvalue weighted by Gasteiger charge is 2.50. The molecule has 0 radical (unpaired) electrons. The maximum Gasteiger partial charge on any atom is 0.410 e. The number of carbonyl (C=O) groups excluding carboxylic acids is 1. The van der Waals surface area contributed by atoms with E-state index in [-0.39, 0.29) is 25.0 Å². The molecule has 1 saturated heterocycles. The second-order valence-corrected chi connectivity index (χ2v) is 6.54. The van der Waals surface area contributed by atoms with Gasteiger partial charge in [-0.25, -0.2) is 9.59 Å². The minimum Gasteiger partial charge on any atom is -0.479 e. The number of likely N-dealkylation sites (N-methyl/N-ethyl adjacent to an activating group) is 1. The Balaban J connectivity index is 3.01. The van der Waals surface area contributed by atoms with E-state index in [0.29, 0.717) is 0 Å². The van der Waals surface area contributed by atoms with Crippen molar-refractivity contribution in [1.29, 1.82) is 0 Å². The third-order valence-corrected chi connectivity index (χ3v) is 3.42. The lowest BCUT2D eigenvalue weighted by Gasteiger charge is -2.45. The molecular formula is C14H25NO5. The predicted octanol–water partition coefficient (Wildman–Crippen LogP) is 2.26. The van der Waals surface area contributed by atoms with Crippen LogP contribution >= 0.6 is 0 Å². The van der Waals surface area contributed by atoms with Gasteiger partial charge in [-0.15, -0.1) is 0 Å². The van der Waals surface area contributed by atoms with Crippen LogP contribution in [0.1, 0.15) is 47.5 Å². The van der Waals surface area contributed by atoms with Crippen LogP contribution in [-0.2, 0) is 14.3 Å². The summed E-state index contributed by atoms with van der Waals surface area (Å²) in [4.78, 5) is 25.2. The Morgan fingerprint density at radius 3 is 2.05 bits per heavy atom. The quantitative estimate of drug-likeness (QED) is 0.843. The summed E-state index contributed by atoms with van der Waals surface area (Å²) >= 11 is 0. The number of aliphatic carboxylic acids is 1. The molecule has 0 aliphatic carbocycles. The molecule has 6 nitrogen and oxygen atoms in total. The van der Waals surface area contributed by atoms with E-state index in [0.717, 1.165) is 0 Å². The SMILES string of the molecule is CC1CC(C(=O)O)(N(C)C(=O)OC(C)(C)C)CC(C)O1. The first-order valence-corrected chi connectivity index (χ1v) is 6.83. The van der Waals surface area contributed by atoms with Crippen molar-refractivity contribution in [3.63, 3.8) is 0 Å². The molecule has 1 amide bonds. The molecule has 0 aromatic heterocycles. The van der Waals surface area contributed by atoms with E-state index in [1.165, 1.54) is 11.9 Å². The summed E-state index contributed by atoms with van der Waals surface area (Å²) in [5.41, 5.74) is -1.94. The maximum absolute atomic E-state index is 12.2. The van der Waals surface area contributed by atoms with Crippen molar-refractivity contribution in [2.24, 2.45) is 0 Å². The van der Waals surface area contributed by atoms with Gasteiger partial charge in [0.05, 0.1) is 12.2 Å². The molecule has 20 heavy (non-hydrogen) atoms. The van der Waals surface area contributed by atoms with Gasteiger partial charge in [-0.1, -0.05) is 0 Å². The smallest absolute Gasteiger partial charge is 0.410 e. The molecule has 1 fully saturated rings. The molecule has 1 N–H and O–H groups in total. The molecule has 116 valence electrons. The number of ether oxygens (including phenoxy) is 2. The van der Waals surface area contributed by atoms with Gasteiger partial charge in [0.15, 0.2) is 0 Å². The Kier molecular flexibility index (Phi) is 4.69. The van der Waals surface area contributed by atoms with Gasteiger partial charge < -0.3 is 14.6 Å². The van der Waals surface area contributed by atoms with E-state index >= 15 is 0 Å². The Bertz CT molecular complexity index is 378. The third-order valence-electron chi connectivity index (χ3n) is 3.42. The normalized spacial score (nSPS) is 30.7. The van der Waals surface area contributed by atoms with Crippen molar-refractivity contribution < 1.29 is 24.2 Å². The molecule has 0 saturated carbocycles. The monoisotopic (exact) mass is 287 g/mol. The first-order valence-electron chi connectivity index (χ1n) is 6.83. The molecule has 2 unspecified atom stereocenters. The summed E-state index contributed by atoms with van der Waals surface area (Å²) in [6.45, 7) is 8.89. The van der Waals surface area contributed by atoms with Gasteiger partial charge in [-0.2, -0.15) is 0 Å². The number of hydrogen-bond acceptors (Lipinski definition) is 4. The zero-order chi connectivity index (χ0) is 15.7. The van der Waals surface area contributed by atoms with Crippen LogP contribution in [-0.4, -0.2) is 52.5 Å². The van der Waals surface area contributed by atoms with Crippen molar-refractivity contribution in [3.8, 4) is 0 Å². The highest BCUT2D eigenvalue weighted by molar-refractivity contribution is 5.84. The van der Waals surface area contributed by atoms with Gasteiger partial charge in [-0.3, -0.25) is 4.90 Å². The van der Waals surface area contributed by atoms with Gasteiger partial charge in [0.1, 0.15) is 11.1 Å². The third kappa shape index (κ3) is 3.62. The van der Waals surface area contributed by atoms with Crippen LogP contribution in [0.3, 0.4) is 0 Å². The summed E-state index contributed by atoms with van der Waals surface area (Å²) in [7, 11) is 1.48. The van der Waals surface area contributed by atoms with E-state index in [2.05, 4.69) is 0 Å². The predicted molar refractivity (Wildman–Crippen MR) is 73.6 cm³/mol. The van der Waals surface area contributed by atoms with E-state index in [4.69, 9.17) is 9.47 Å². The van der Waals surface area contributed by atoms with Crippen molar-refractivity contribution in [1.82, 2.24) is 4.90 Å². The highest BCUT2D eigenvalue weighted by Crippen LogP contribution is 2.34. The molecule has 1 aliphatic heterocycles. The van der Waals surface area contributed by atoms with Gasteiger partial charge >= 0.3 is 12.1 Å². The number of amides is 1. The second-order valence-electron chi connectivity index (χ2n) is 6.54. The highest BCUT2D eigenvalue weighted by atomic mass is 16.6. The lowest BCUT2D eigenvalue weighted by molar-refractivity contribution is -0.166. The minimum atomic E-state index is -1.28. The minimum absolute atomic E-state index is 0.222. The first-order chi connectivity index (χ1) is 8.98. The van der Waals surface area contributed by atoms with Gasteiger partial charge in [0.2, 0.25) is 0 Å². The molecule has 0 spiro atoms. The molecule has 1 aliphatic rings. The fraction of sp³-hybridized carbons (Fsp3) is 0.857. The Hall–Kier alpha value is -1.30. The van der Waals surface area contributed by atoms with Crippen molar-refractivity contribution in [3.05, 3.63) is 0 Å². The topological polar surface area (TPSA) is 76.1 Å². The Labute approximate surface area is 120 Å². The largest absolute Gasteiger partial charge is 0.479 e. The first kappa shape index (κ1) is 16.8. The summed E-state index contributed by atoms with van der Waals surface area (Å²) < 4.78 is 10.9. The average molecular weight is 287 g/mol. The van der Waals surface area contributed by atoms with Crippen LogP contribution < -0.4 is 0 Å². The second kappa shape index (κ2) is 5.60. The molecule has 1 rings (SSSR count). The van der Waals surface area contributed by atoms with Gasteiger partial charge in [0.25, 0.3) is 0 Å². The lowest BCUT2D eigenvalue weighted by Crippen LogP contribution is -2.61. The summed E-state index contributed by atoms with van der Waals surface area (Å²) in [6.07, 6.45) is -0.564. The van der Waals surface area contributed by atoms with E-state index < -0.39 is 23.2 Å². The number of hydrogen-bond donors (Lipinski definition) is 1. The molecular weight excluding hydrogens is 262 g/mol. The zero-order valence-corrected chi connectivity index (χ0v) is 13.1. The number of nitrogens with zero attached hydrogens (tertiary/aromatic N) is 1. The van der Waals surface area contributed by atoms with Crippen LogP contribution in [0.2, 0.25) is 0 Å². The van der Waals surface area contributed by atoms with Crippen LogP contribution in [0.5, 0.6) is 0 Å². The molecule has 0 bridgehead atoms. The molecule has 2 atom stereocenters. The van der Waals surface area contributed by atoms with Crippen molar-refractivity contribution in [2.75, 3.05) is 7.05 Å². The number of rotatable bonds is 2. The van der Waals surface area contributed by atoms with Crippen LogP contribution in [0.25, 0.3) is 0 Å². The summed E-state index contributed by atoms with van der Waals surface area (Å²) in [5, 5.41) is 9.64. The fourth-order valence-electron chi connectivity index (χ4n) is 2.62. The van der Waals surface area contributed by atoms with Crippen LogP contribution in [0, 0.1) is 0 Å². The Morgan fingerprint density at radius 1 is 1.25 bits per heavy atom. The van der Waals surface area contributed by atoms with E-state index in [1.54, 1.807) is 20.8 Å². The molecule has 1 heterocycles. The number of carbonyl (C=O) groups is 2. The number of carboxylic acids is 1. The van der Waals surface area contributed by atoms with E-state index in [9.17, 15) is 14.7 Å². The lowest BCUT2D eigenvalue weighted by atomic mass is 9.83. The summed E-state index contributed by atoms with van der Waals surface area (Å²) in [6, 6.07) is 0. The molecule has 6 heteroatoms. The average Bonchev–Trinajstić information content (AvgIpc) is 2.23. The Morgan fingerprint density at radius 2 is 1.70 bits per heavy atom. The van der Waals surface area contributed by atoms with Gasteiger partial charge in [0, 0.05) is 19.9 Å².